The van der Waals surface area contributed by atoms with Gasteiger partial charge in [-0.3, -0.25) is 0 Å². The zero-order chi connectivity index (χ0) is 20.9. The summed E-state index contributed by atoms with van der Waals surface area (Å²) in [6, 6.07) is 24.5. The summed E-state index contributed by atoms with van der Waals surface area (Å²) < 4.78 is 2.14. The van der Waals surface area contributed by atoms with Crippen LogP contribution in [0.5, 0.6) is 0 Å². The highest BCUT2D eigenvalue weighted by Crippen LogP contribution is 2.24. The second kappa shape index (κ2) is 9.14. The summed E-state index contributed by atoms with van der Waals surface area (Å²) >= 11 is 6.04. The number of para-hydroxylation sites is 2. The summed E-state index contributed by atoms with van der Waals surface area (Å²) in [6.45, 7) is 7.02. The number of imidazole rings is 1. The topological polar surface area (TPSA) is 33.4 Å². The van der Waals surface area contributed by atoms with Crippen LogP contribution >= 0.6 is 11.6 Å². The number of hydrogen-bond acceptors (Lipinski definition) is 3. The first-order valence-corrected chi connectivity index (χ1v) is 10.6. The Morgan fingerprint density at radius 2 is 1.63 bits per heavy atom. The smallest absolute Gasteiger partial charge is 0.230 e. The molecule has 152 valence electrons. The highest BCUT2D eigenvalue weighted by molar-refractivity contribution is 6.30. The van der Waals surface area contributed by atoms with Crippen molar-refractivity contribution in [3.63, 3.8) is 0 Å². The molecule has 1 aromatic heterocycles. The van der Waals surface area contributed by atoms with Gasteiger partial charge in [-0.05, 0) is 61.4 Å². The lowest BCUT2D eigenvalue weighted by atomic mass is 10.2. The van der Waals surface area contributed by atoms with Crippen molar-refractivity contribution in [2.45, 2.75) is 20.4 Å². The zero-order valence-corrected chi connectivity index (χ0v) is 18.0. The number of aromatic nitrogens is 2. The number of nitrogens with zero attached hydrogens (tertiary/aromatic N) is 4. The second-order valence-corrected chi connectivity index (χ2v) is 7.57. The number of hydrogen-bond donors (Lipinski definition) is 0. The van der Waals surface area contributed by atoms with Gasteiger partial charge in [0.05, 0.1) is 17.6 Å². The van der Waals surface area contributed by atoms with Crippen molar-refractivity contribution in [1.82, 2.24) is 9.55 Å². The summed E-state index contributed by atoms with van der Waals surface area (Å²) in [6.07, 6.45) is 1.88. The summed E-state index contributed by atoms with van der Waals surface area (Å²) in [5, 5.41) is 0.737. The van der Waals surface area contributed by atoms with Gasteiger partial charge in [-0.1, -0.05) is 48.0 Å². The second-order valence-electron chi connectivity index (χ2n) is 7.14. The summed E-state index contributed by atoms with van der Waals surface area (Å²) in [5.41, 5.74) is 5.44. The molecule has 0 atom stereocenters. The predicted molar refractivity (Wildman–Crippen MR) is 128 cm³/mol. The van der Waals surface area contributed by atoms with E-state index in [0.717, 1.165) is 40.3 Å². The van der Waals surface area contributed by atoms with Crippen molar-refractivity contribution in [2.75, 3.05) is 18.0 Å². The number of anilines is 1. The van der Waals surface area contributed by atoms with Crippen LogP contribution in [0.4, 0.5) is 11.6 Å². The lowest BCUT2D eigenvalue weighted by Gasteiger charge is -2.20. The molecule has 4 nitrogen and oxygen atoms in total. The fourth-order valence-electron chi connectivity index (χ4n) is 3.58. The molecule has 0 spiro atoms. The van der Waals surface area contributed by atoms with E-state index in [-0.39, 0.29) is 0 Å². The molecule has 0 bridgehead atoms. The normalized spacial score (nSPS) is 11.4. The van der Waals surface area contributed by atoms with Crippen molar-refractivity contribution >= 4 is 40.5 Å². The van der Waals surface area contributed by atoms with Crippen LogP contribution in [0.15, 0.2) is 77.8 Å². The number of rotatable bonds is 7. The molecule has 0 unspecified atom stereocenters. The quantitative estimate of drug-likeness (QED) is 0.329. The van der Waals surface area contributed by atoms with E-state index in [2.05, 4.69) is 53.6 Å². The molecule has 3 aromatic carbocycles. The van der Waals surface area contributed by atoms with E-state index in [0.29, 0.717) is 12.5 Å². The molecule has 0 saturated heterocycles. The Balaban J connectivity index is 1.64. The van der Waals surface area contributed by atoms with Gasteiger partial charge in [-0.15, -0.1) is 0 Å². The van der Waals surface area contributed by atoms with Crippen molar-refractivity contribution in [3.05, 3.63) is 88.9 Å². The fraction of sp³-hybridized carbons (Fsp3) is 0.200. The number of halogens is 1. The van der Waals surface area contributed by atoms with Gasteiger partial charge in [-0.2, -0.15) is 0 Å². The van der Waals surface area contributed by atoms with Crippen LogP contribution in [0.2, 0.25) is 5.02 Å². The van der Waals surface area contributed by atoms with Gasteiger partial charge in [0.25, 0.3) is 0 Å². The monoisotopic (exact) mass is 416 g/mol. The maximum atomic E-state index is 6.04. The Morgan fingerprint density at radius 1 is 0.933 bits per heavy atom. The molecule has 0 radical (unpaired) electrons. The van der Waals surface area contributed by atoms with E-state index in [1.165, 1.54) is 5.69 Å². The Bertz CT molecular complexity index is 1140. The first kappa shape index (κ1) is 20.2. The van der Waals surface area contributed by atoms with E-state index in [1.54, 1.807) is 0 Å². The number of fused-ring (bicyclic) bond motifs is 1. The third-order valence-corrected chi connectivity index (χ3v) is 5.49. The minimum absolute atomic E-state index is 0.686. The maximum Gasteiger partial charge on any atom is 0.230 e. The minimum Gasteiger partial charge on any atom is -0.372 e. The molecule has 0 N–H and O–H groups in total. The Morgan fingerprint density at radius 3 is 2.33 bits per heavy atom. The largest absolute Gasteiger partial charge is 0.372 e. The van der Waals surface area contributed by atoms with Crippen LogP contribution in [-0.4, -0.2) is 28.9 Å². The van der Waals surface area contributed by atoms with Gasteiger partial charge < -0.3 is 9.47 Å². The Kier molecular flexibility index (Phi) is 6.15. The van der Waals surface area contributed by atoms with Crippen LogP contribution in [0.25, 0.3) is 11.0 Å². The van der Waals surface area contributed by atoms with Crippen molar-refractivity contribution in [3.8, 4) is 0 Å². The van der Waals surface area contributed by atoms with E-state index >= 15 is 0 Å². The Hall–Kier alpha value is -3.11. The van der Waals surface area contributed by atoms with Crippen molar-refractivity contribution < 1.29 is 0 Å². The highest BCUT2D eigenvalue weighted by atomic mass is 35.5. The third kappa shape index (κ3) is 4.39. The van der Waals surface area contributed by atoms with E-state index in [9.17, 15) is 0 Å². The third-order valence-electron chi connectivity index (χ3n) is 5.24. The predicted octanol–water partition coefficient (Wildman–Crippen LogP) is 6.33. The molecule has 4 rings (SSSR count). The SMILES string of the molecule is CCN(CC)c1ccc(C=Nc2nc3ccccc3n2Cc2ccc(Cl)cc2)cc1. The molecular weight excluding hydrogens is 392 g/mol. The maximum absolute atomic E-state index is 6.04. The lowest BCUT2D eigenvalue weighted by molar-refractivity contribution is 0.827. The van der Waals surface area contributed by atoms with E-state index in [4.69, 9.17) is 21.6 Å². The van der Waals surface area contributed by atoms with Crippen molar-refractivity contribution in [1.29, 1.82) is 0 Å². The molecule has 0 aliphatic carbocycles. The van der Waals surface area contributed by atoms with Gasteiger partial charge in [-0.25, -0.2) is 9.98 Å². The molecule has 30 heavy (non-hydrogen) atoms. The van der Waals surface area contributed by atoms with Crippen LogP contribution in [0.1, 0.15) is 25.0 Å². The summed E-state index contributed by atoms with van der Waals surface area (Å²) in [4.78, 5) is 11.8. The molecular formula is C25H25ClN4. The molecule has 0 aliphatic heterocycles. The fourth-order valence-corrected chi connectivity index (χ4v) is 3.71. The average Bonchev–Trinajstić information content (AvgIpc) is 3.13. The summed E-state index contributed by atoms with van der Waals surface area (Å²) in [7, 11) is 0. The standard InChI is InChI=1S/C25H25ClN4/c1-3-29(4-2)22-15-11-19(12-16-22)17-27-25-28-23-7-5-6-8-24(23)30(25)18-20-9-13-21(26)14-10-20/h5-17H,3-4,18H2,1-2H3. The van der Waals surface area contributed by atoms with Gasteiger partial charge in [0.15, 0.2) is 0 Å². The molecule has 1 heterocycles. The Labute approximate surface area is 182 Å². The molecule has 0 saturated carbocycles. The first-order valence-electron chi connectivity index (χ1n) is 10.3. The molecule has 0 aliphatic rings. The minimum atomic E-state index is 0.686. The van der Waals surface area contributed by atoms with Crippen LogP contribution in [0, 0.1) is 0 Å². The van der Waals surface area contributed by atoms with Gasteiger partial charge in [0.1, 0.15) is 0 Å². The summed E-state index contributed by atoms with van der Waals surface area (Å²) in [5.74, 6) is 0.693. The molecule has 5 heteroatoms. The van der Waals surface area contributed by atoms with Crippen LogP contribution < -0.4 is 4.90 Å². The molecule has 0 amide bonds. The van der Waals surface area contributed by atoms with Gasteiger partial charge in [0.2, 0.25) is 5.95 Å². The van der Waals surface area contributed by atoms with Crippen LogP contribution in [-0.2, 0) is 6.54 Å². The number of benzene rings is 3. The van der Waals surface area contributed by atoms with Crippen molar-refractivity contribution in [2.24, 2.45) is 4.99 Å². The van der Waals surface area contributed by atoms with E-state index in [1.807, 2.05) is 48.7 Å². The van der Waals surface area contributed by atoms with E-state index < -0.39 is 0 Å². The van der Waals surface area contributed by atoms with Gasteiger partial charge >= 0.3 is 0 Å². The molecule has 4 aromatic rings. The number of aliphatic imine (C=N–C) groups is 1. The average molecular weight is 417 g/mol. The highest BCUT2D eigenvalue weighted by Gasteiger charge is 2.10. The molecule has 0 fully saturated rings. The first-order chi connectivity index (χ1) is 14.7. The van der Waals surface area contributed by atoms with Gasteiger partial charge in [0, 0.05) is 30.0 Å². The lowest BCUT2D eigenvalue weighted by Crippen LogP contribution is -2.21. The zero-order valence-electron chi connectivity index (χ0n) is 17.3. The van der Waals surface area contributed by atoms with Crippen LogP contribution in [0.3, 0.4) is 0 Å².